The normalized spacial score (nSPS) is 11.8. The third-order valence-corrected chi connectivity index (χ3v) is 4.52. The molecule has 2 aromatic carbocycles. The third-order valence-electron chi connectivity index (χ3n) is 4.52. The van der Waals surface area contributed by atoms with Crippen LogP contribution in [-0.4, -0.2) is 14.9 Å². The van der Waals surface area contributed by atoms with Crippen LogP contribution in [0.15, 0.2) is 48.5 Å². The fourth-order valence-electron chi connectivity index (χ4n) is 3.14. The Hall–Kier alpha value is -3.68. The van der Waals surface area contributed by atoms with E-state index in [1.807, 2.05) is 44.2 Å². The van der Waals surface area contributed by atoms with Gasteiger partial charge in [-0.1, -0.05) is 43.3 Å². The van der Waals surface area contributed by atoms with Crippen LogP contribution < -0.4 is 16.8 Å². The topological polar surface area (TPSA) is 133 Å². The van der Waals surface area contributed by atoms with Crippen LogP contribution in [0.5, 0.6) is 0 Å². The number of nitro benzene ring substituents is 1. The number of hydrogen-bond donors (Lipinski definition) is 3. The molecule has 0 spiro atoms. The van der Waals surface area contributed by atoms with Crippen LogP contribution in [0.25, 0.3) is 11.1 Å². The lowest BCUT2D eigenvalue weighted by Crippen LogP contribution is -2.09. The third kappa shape index (κ3) is 3.85. The molecule has 1 atom stereocenters. The lowest BCUT2D eigenvalue weighted by molar-refractivity contribution is -0.383. The van der Waals surface area contributed by atoms with Gasteiger partial charge in [0, 0.05) is 17.7 Å². The van der Waals surface area contributed by atoms with Crippen molar-refractivity contribution in [3.63, 3.8) is 0 Å². The summed E-state index contributed by atoms with van der Waals surface area (Å²) in [6.45, 7) is 3.87. The number of nitrogens with zero attached hydrogens (tertiary/aromatic N) is 3. The number of anilines is 3. The quantitative estimate of drug-likeness (QED) is 0.437. The first-order chi connectivity index (χ1) is 13.4. The van der Waals surface area contributed by atoms with Gasteiger partial charge in [0.15, 0.2) is 0 Å². The fourth-order valence-corrected chi connectivity index (χ4v) is 3.14. The highest BCUT2D eigenvalue weighted by Crippen LogP contribution is 2.36. The number of nitro groups is 1. The smallest absolute Gasteiger partial charge is 0.292 e. The maximum atomic E-state index is 11.7. The molecule has 0 aliphatic heterocycles. The van der Waals surface area contributed by atoms with E-state index >= 15 is 0 Å². The van der Waals surface area contributed by atoms with Crippen molar-refractivity contribution >= 4 is 23.1 Å². The van der Waals surface area contributed by atoms with Gasteiger partial charge >= 0.3 is 0 Å². The van der Waals surface area contributed by atoms with E-state index in [4.69, 9.17) is 11.5 Å². The van der Waals surface area contributed by atoms with Gasteiger partial charge in [0.2, 0.25) is 5.95 Å². The number of nitrogens with one attached hydrogen (secondary N) is 1. The molecule has 28 heavy (non-hydrogen) atoms. The van der Waals surface area contributed by atoms with E-state index in [9.17, 15) is 10.1 Å². The van der Waals surface area contributed by atoms with E-state index in [1.54, 1.807) is 12.1 Å². The summed E-state index contributed by atoms with van der Waals surface area (Å²) < 4.78 is 0. The van der Waals surface area contributed by atoms with Crippen molar-refractivity contribution in [3.8, 4) is 11.1 Å². The lowest BCUT2D eigenvalue weighted by atomic mass is 10.0. The van der Waals surface area contributed by atoms with Gasteiger partial charge in [0.05, 0.1) is 10.6 Å². The predicted molar refractivity (Wildman–Crippen MR) is 111 cm³/mol. The van der Waals surface area contributed by atoms with Crippen LogP contribution in [0.2, 0.25) is 0 Å². The first-order valence-corrected chi connectivity index (χ1v) is 8.92. The second kappa shape index (κ2) is 7.91. The van der Waals surface area contributed by atoms with Crippen LogP contribution in [0, 0.1) is 10.1 Å². The second-order valence-corrected chi connectivity index (χ2v) is 6.41. The Morgan fingerprint density at radius 1 is 1.14 bits per heavy atom. The molecule has 0 saturated heterocycles. The molecule has 0 aliphatic carbocycles. The molecule has 0 fully saturated rings. The van der Waals surface area contributed by atoms with E-state index in [2.05, 4.69) is 15.3 Å². The molecule has 1 aromatic heterocycles. The second-order valence-electron chi connectivity index (χ2n) is 6.41. The minimum atomic E-state index is -0.413. The fraction of sp³-hybridized carbons (Fsp3) is 0.200. The van der Waals surface area contributed by atoms with E-state index in [0.717, 1.165) is 5.56 Å². The minimum absolute atomic E-state index is 0.0430. The molecule has 0 unspecified atom stereocenters. The molecule has 0 amide bonds. The van der Waals surface area contributed by atoms with Crippen molar-refractivity contribution in [3.05, 3.63) is 69.9 Å². The summed E-state index contributed by atoms with van der Waals surface area (Å²) >= 11 is 0. The van der Waals surface area contributed by atoms with E-state index < -0.39 is 4.92 Å². The number of aromatic nitrogens is 2. The highest BCUT2D eigenvalue weighted by Gasteiger charge is 2.20. The highest BCUT2D eigenvalue weighted by molar-refractivity contribution is 5.81. The highest BCUT2D eigenvalue weighted by atomic mass is 16.6. The Morgan fingerprint density at radius 3 is 2.50 bits per heavy atom. The Bertz CT molecular complexity index is 1010. The molecular weight excluding hydrogens is 356 g/mol. The number of benzene rings is 2. The first kappa shape index (κ1) is 19.1. The summed E-state index contributed by atoms with van der Waals surface area (Å²) in [6.07, 6.45) is 0.574. The standard InChI is InChI=1S/C20H22N6O2/c1-3-15-18(19(21)25-20(22)24-15)14-9-10-16(17(11-14)26(27)28)23-12(2)13-7-5-4-6-8-13/h4-12,23H,3H2,1-2H3,(H4,21,22,24,25)/t12-/m1/s1. The van der Waals surface area contributed by atoms with E-state index in [-0.39, 0.29) is 23.5 Å². The molecule has 3 aromatic rings. The summed E-state index contributed by atoms with van der Waals surface area (Å²) in [6, 6.07) is 14.6. The summed E-state index contributed by atoms with van der Waals surface area (Å²) in [5.41, 5.74) is 14.9. The summed E-state index contributed by atoms with van der Waals surface area (Å²) in [5.74, 6) is 0.291. The van der Waals surface area contributed by atoms with Gasteiger partial charge in [-0.05, 0) is 30.5 Å². The van der Waals surface area contributed by atoms with Crippen molar-refractivity contribution in [2.24, 2.45) is 0 Å². The van der Waals surface area contributed by atoms with Crippen molar-refractivity contribution < 1.29 is 4.92 Å². The average molecular weight is 378 g/mol. The van der Waals surface area contributed by atoms with Gasteiger partial charge in [0.1, 0.15) is 11.5 Å². The van der Waals surface area contributed by atoms with Crippen molar-refractivity contribution in [1.82, 2.24) is 9.97 Å². The molecule has 0 saturated carbocycles. The number of rotatable bonds is 6. The van der Waals surface area contributed by atoms with Crippen molar-refractivity contribution in [2.75, 3.05) is 16.8 Å². The monoisotopic (exact) mass is 378 g/mol. The molecule has 3 rings (SSSR count). The lowest BCUT2D eigenvalue weighted by Gasteiger charge is -2.17. The maximum Gasteiger partial charge on any atom is 0.292 e. The number of nitrogens with two attached hydrogens (primary N) is 2. The van der Waals surface area contributed by atoms with Crippen LogP contribution in [0.4, 0.5) is 23.1 Å². The zero-order valence-electron chi connectivity index (χ0n) is 15.7. The Morgan fingerprint density at radius 2 is 1.86 bits per heavy atom. The van der Waals surface area contributed by atoms with Gasteiger partial charge in [-0.25, -0.2) is 4.98 Å². The molecule has 8 heteroatoms. The van der Waals surface area contributed by atoms with Gasteiger partial charge in [-0.15, -0.1) is 0 Å². The Labute approximate surface area is 162 Å². The Kier molecular flexibility index (Phi) is 5.39. The summed E-state index contributed by atoms with van der Waals surface area (Å²) in [4.78, 5) is 19.5. The van der Waals surface area contributed by atoms with Gasteiger partial charge in [-0.3, -0.25) is 10.1 Å². The largest absolute Gasteiger partial charge is 0.383 e. The van der Waals surface area contributed by atoms with E-state index in [1.165, 1.54) is 6.07 Å². The maximum absolute atomic E-state index is 11.7. The number of nitrogen functional groups attached to an aromatic ring is 2. The SMILES string of the molecule is CCc1nc(N)nc(N)c1-c1ccc(N[C@H](C)c2ccccc2)c([N+](=O)[O-])c1. The zero-order valence-corrected chi connectivity index (χ0v) is 15.7. The first-order valence-electron chi connectivity index (χ1n) is 8.92. The molecule has 0 aliphatic rings. The van der Waals surface area contributed by atoms with Crippen LogP contribution in [0.1, 0.15) is 31.1 Å². The molecular formula is C20H22N6O2. The van der Waals surface area contributed by atoms with Gasteiger partial charge < -0.3 is 16.8 Å². The molecule has 0 radical (unpaired) electrons. The molecule has 8 nitrogen and oxygen atoms in total. The van der Waals surface area contributed by atoms with Crippen LogP contribution >= 0.6 is 0 Å². The van der Waals surface area contributed by atoms with Crippen molar-refractivity contribution in [1.29, 1.82) is 0 Å². The minimum Gasteiger partial charge on any atom is -0.383 e. The zero-order chi connectivity index (χ0) is 20.3. The average Bonchev–Trinajstić information content (AvgIpc) is 2.68. The molecule has 144 valence electrons. The molecule has 1 heterocycles. The summed E-state index contributed by atoms with van der Waals surface area (Å²) in [7, 11) is 0. The van der Waals surface area contributed by atoms with E-state index in [0.29, 0.717) is 28.9 Å². The number of hydrogen-bond acceptors (Lipinski definition) is 7. The molecule has 0 bridgehead atoms. The predicted octanol–water partition coefficient (Wildman–Crippen LogP) is 3.95. The van der Waals surface area contributed by atoms with Gasteiger partial charge in [0.25, 0.3) is 5.69 Å². The van der Waals surface area contributed by atoms with Crippen LogP contribution in [0.3, 0.4) is 0 Å². The summed E-state index contributed by atoms with van der Waals surface area (Å²) in [5, 5.41) is 14.9. The van der Waals surface area contributed by atoms with Gasteiger partial charge in [-0.2, -0.15) is 4.98 Å². The molecule has 5 N–H and O–H groups in total. The van der Waals surface area contributed by atoms with Crippen molar-refractivity contribution in [2.45, 2.75) is 26.3 Å². The van der Waals surface area contributed by atoms with Crippen LogP contribution in [-0.2, 0) is 6.42 Å². The number of aryl methyl sites for hydroxylation is 1. The Balaban J connectivity index is 2.02.